The van der Waals surface area contributed by atoms with E-state index in [1.807, 2.05) is 55.5 Å². The van der Waals surface area contributed by atoms with Crippen LogP contribution in [0.1, 0.15) is 17.3 Å². The van der Waals surface area contributed by atoms with Gasteiger partial charge in [0.15, 0.2) is 5.13 Å². The molecule has 2 aromatic heterocycles. The van der Waals surface area contributed by atoms with Crippen LogP contribution in [0.25, 0.3) is 32.4 Å². The molecule has 0 saturated heterocycles. The molecule has 0 bridgehead atoms. The zero-order valence-corrected chi connectivity index (χ0v) is 18.8. The Balaban J connectivity index is 1.51. The summed E-state index contributed by atoms with van der Waals surface area (Å²) >= 11 is 1.19. The number of nitrogens with zero attached hydrogens (tertiary/aromatic N) is 3. The van der Waals surface area contributed by atoms with Gasteiger partial charge in [0.2, 0.25) is 0 Å². The lowest BCUT2D eigenvalue weighted by molar-refractivity contribution is -0.384. The Hall–Kier alpha value is -4.37. The van der Waals surface area contributed by atoms with Crippen LogP contribution < -0.4 is 10.1 Å². The summed E-state index contributed by atoms with van der Waals surface area (Å²) in [7, 11) is 0. The second-order valence-electron chi connectivity index (χ2n) is 7.41. The maximum atomic E-state index is 13.3. The number of aromatic nitrogens is 2. The van der Waals surface area contributed by atoms with E-state index in [4.69, 9.17) is 9.72 Å². The highest BCUT2D eigenvalue weighted by Crippen LogP contribution is 2.31. The number of hydrogen-bond donors (Lipinski definition) is 1. The lowest BCUT2D eigenvalue weighted by Gasteiger charge is -2.10. The molecule has 0 aliphatic heterocycles. The first-order valence-corrected chi connectivity index (χ1v) is 11.3. The Morgan fingerprint density at radius 2 is 1.82 bits per heavy atom. The number of carbonyl (C=O) groups is 1. The van der Waals surface area contributed by atoms with Gasteiger partial charge in [-0.2, -0.15) is 0 Å². The number of para-hydroxylation sites is 1. The molecule has 5 aromatic rings. The van der Waals surface area contributed by atoms with Crippen molar-refractivity contribution in [3.8, 4) is 17.0 Å². The van der Waals surface area contributed by atoms with Crippen molar-refractivity contribution >= 4 is 49.2 Å². The normalized spacial score (nSPS) is 11.0. The minimum atomic E-state index is -0.455. The molecule has 0 radical (unpaired) electrons. The number of non-ortho nitro benzene ring substituents is 1. The van der Waals surface area contributed by atoms with Gasteiger partial charge in [0.1, 0.15) is 5.75 Å². The van der Waals surface area contributed by atoms with Crippen molar-refractivity contribution in [3.63, 3.8) is 0 Å². The van der Waals surface area contributed by atoms with Crippen molar-refractivity contribution in [3.05, 3.63) is 88.5 Å². The van der Waals surface area contributed by atoms with Crippen LogP contribution in [0.3, 0.4) is 0 Å². The molecule has 9 heteroatoms. The van der Waals surface area contributed by atoms with Crippen LogP contribution in [0.5, 0.6) is 5.75 Å². The van der Waals surface area contributed by atoms with Gasteiger partial charge >= 0.3 is 0 Å². The highest BCUT2D eigenvalue weighted by atomic mass is 32.1. The maximum absolute atomic E-state index is 13.3. The predicted molar refractivity (Wildman–Crippen MR) is 133 cm³/mol. The van der Waals surface area contributed by atoms with Gasteiger partial charge < -0.3 is 4.74 Å². The molecular formula is C25H18N4O4S. The van der Waals surface area contributed by atoms with Crippen molar-refractivity contribution in [1.82, 2.24) is 9.97 Å². The minimum absolute atomic E-state index is 0.0193. The van der Waals surface area contributed by atoms with Gasteiger partial charge in [-0.15, -0.1) is 0 Å². The number of fused-ring (bicyclic) bond motifs is 2. The topological polar surface area (TPSA) is 107 Å². The number of nitro groups is 1. The van der Waals surface area contributed by atoms with Gasteiger partial charge in [0, 0.05) is 23.1 Å². The molecule has 34 heavy (non-hydrogen) atoms. The number of nitrogens with one attached hydrogen (secondary N) is 1. The number of hydrogen-bond acceptors (Lipinski definition) is 7. The summed E-state index contributed by atoms with van der Waals surface area (Å²) in [5.74, 6) is 0.431. The molecule has 0 fully saturated rings. The van der Waals surface area contributed by atoms with Crippen LogP contribution in [-0.4, -0.2) is 27.4 Å². The smallest absolute Gasteiger partial charge is 0.270 e. The minimum Gasteiger partial charge on any atom is -0.494 e. The molecular weight excluding hydrogens is 452 g/mol. The van der Waals surface area contributed by atoms with Crippen LogP contribution in [0.4, 0.5) is 10.8 Å². The third-order valence-corrected chi connectivity index (χ3v) is 6.16. The number of nitro benzene ring substituents is 1. The molecule has 1 N–H and O–H groups in total. The Labute approximate surface area is 198 Å². The molecule has 0 saturated carbocycles. The van der Waals surface area contributed by atoms with Crippen LogP contribution in [0, 0.1) is 10.1 Å². The SMILES string of the molecule is CCOc1ccc(-c2cc(C(=O)Nc3nc4ccc([N+](=O)[O-])cc4s3)c3ccccc3n2)cc1. The lowest BCUT2D eigenvalue weighted by atomic mass is 10.0. The van der Waals surface area contributed by atoms with Crippen molar-refractivity contribution in [2.75, 3.05) is 11.9 Å². The zero-order valence-electron chi connectivity index (χ0n) is 18.0. The van der Waals surface area contributed by atoms with Gasteiger partial charge in [-0.3, -0.25) is 20.2 Å². The van der Waals surface area contributed by atoms with E-state index >= 15 is 0 Å². The van der Waals surface area contributed by atoms with Crippen molar-refractivity contribution < 1.29 is 14.5 Å². The second kappa shape index (κ2) is 8.87. The molecule has 1 amide bonds. The number of thiazole rings is 1. The van der Waals surface area contributed by atoms with Crippen molar-refractivity contribution in [2.45, 2.75) is 6.92 Å². The summed E-state index contributed by atoms with van der Waals surface area (Å²) in [5.41, 5.74) is 3.23. The predicted octanol–water partition coefficient (Wildman–Crippen LogP) is 6.07. The maximum Gasteiger partial charge on any atom is 0.270 e. The van der Waals surface area contributed by atoms with Gasteiger partial charge in [-0.1, -0.05) is 29.5 Å². The molecule has 168 valence electrons. The van der Waals surface area contributed by atoms with Gasteiger partial charge in [0.05, 0.1) is 38.5 Å². The zero-order chi connectivity index (χ0) is 23.7. The van der Waals surface area contributed by atoms with Gasteiger partial charge in [0.25, 0.3) is 11.6 Å². The van der Waals surface area contributed by atoms with E-state index in [1.54, 1.807) is 12.1 Å². The third-order valence-electron chi connectivity index (χ3n) is 5.23. The number of amides is 1. The molecule has 8 nitrogen and oxygen atoms in total. The van der Waals surface area contributed by atoms with E-state index in [0.29, 0.717) is 44.1 Å². The standard InChI is InChI=1S/C25H18N4O4S/c1-2-33-17-10-7-15(8-11-17)22-14-19(18-5-3-4-6-20(18)26-22)24(30)28-25-27-21-12-9-16(29(31)32)13-23(21)34-25/h3-14H,2H2,1H3,(H,27,28,30). The number of carbonyl (C=O) groups excluding carboxylic acids is 1. The number of anilines is 1. The first-order valence-electron chi connectivity index (χ1n) is 10.5. The quantitative estimate of drug-likeness (QED) is 0.238. The van der Waals surface area contributed by atoms with Crippen molar-refractivity contribution in [2.24, 2.45) is 0 Å². The fourth-order valence-corrected chi connectivity index (χ4v) is 4.54. The molecule has 0 atom stereocenters. The fraction of sp³-hybridized carbons (Fsp3) is 0.0800. The Morgan fingerprint density at radius 1 is 1.03 bits per heavy atom. The van der Waals surface area contributed by atoms with E-state index in [0.717, 1.165) is 11.3 Å². The van der Waals surface area contributed by atoms with E-state index in [-0.39, 0.29) is 11.6 Å². The Bertz CT molecular complexity index is 1550. The molecule has 0 aliphatic rings. The van der Waals surface area contributed by atoms with E-state index < -0.39 is 4.92 Å². The average Bonchev–Trinajstić information content (AvgIpc) is 3.25. The number of pyridine rings is 1. The number of benzene rings is 3. The van der Waals surface area contributed by atoms with Gasteiger partial charge in [-0.25, -0.2) is 9.97 Å². The van der Waals surface area contributed by atoms with Crippen molar-refractivity contribution in [1.29, 1.82) is 0 Å². The monoisotopic (exact) mass is 470 g/mol. The highest BCUT2D eigenvalue weighted by molar-refractivity contribution is 7.22. The molecule has 0 spiro atoms. The summed E-state index contributed by atoms with van der Waals surface area (Å²) in [6.45, 7) is 2.51. The molecule has 5 rings (SSSR count). The van der Waals surface area contributed by atoms with Crippen LogP contribution >= 0.6 is 11.3 Å². The number of ether oxygens (including phenoxy) is 1. The second-order valence-corrected chi connectivity index (χ2v) is 8.44. The van der Waals surface area contributed by atoms with E-state index in [2.05, 4.69) is 10.3 Å². The third kappa shape index (κ3) is 4.16. The summed E-state index contributed by atoms with van der Waals surface area (Å²) in [6, 6.07) is 21.2. The average molecular weight is 471 g/mol. The largest absolute Gasteiger partial charge is 0.494 e. The summed E-state index contributed by atoms with van der Waals surface area (Å²) < 4.78 is 6.14. The van der Waals surface area contributed by atoms with E-state index in [9.17, 15) is 14.9 Å². The van der Waals surface area contributed by atoms with Crippen LogP contribution in [0.2, 0.25) is 0 Å². The van der Waals surface area contributed by atoms with Crippen LogP contribution in [-0.2, 0) is 0 Å². The number of rotatable bonds is 6. The molecule has 0 unspecified atom stereocenters. The molecule has 0 aliphatic carbocycles. The molecule has 3 aromatic carbocycles. The van der Waals surface area contributed by atoms with Crippen LogP contribution in [0.15, 0.2) is 72.8 Å². The van der Waals surface area contributed by atoms with Gasteiger partial charge in [-0.05, 0) is 49.4 Å². The highest BCUT2D eigenvalue weighted by Gasteiger charge is 2.17. The first kappa shape index (κ1) is 21.5. The Morgan fingerprint density at radius 3 is 2.59 bits per heavy atom. The summed E-state index contributed by atoms with van der Waals surface area (Å²) in [6.07, 6.45) is 0. The van der Waals surface area contributed by atoms with E-state index in [1.165, 1.54) is 23.5 Å². The lowest BCUT2D eigenvalue weighted by Crippen LogP contribution is -2.13. The summed E-state index contributed by atoms with van der Waals surface area (Å²) in [4.78, 5) is 33.0. The summed E-state index contributed by atoms with van der Waals surface area (Å²) in [5, 5.41) is 15.0. The fourth-order valence-electron chi connectivity index (χ4n) is 3.64. The first-order chi connectivity index (χ1) is 16.5. The molecule has 2 heterocycles. The Kier molecular flexibility index (Phi) is 5.60.